The maximum atomic E-state index is 12.6. The van der Waals surface area contributed by atoms with E-state index in [4.69, 9.17) is 28.0 Å². The smallest absolute Gasteiger partial charge is 0.390 e. The van der Waals surface area contributed by atoms with Crippen LogP contribution in [-0.2, 0) is 21.5 Å². The highest BCUT2D eigenvalue weighted by atomic mass is 35.5. The zero-order valence-corrected chi connectivity index (χ0v) is 16.1. The molecule has 1 N–H and O–H groups in total. The lowest BCUT2D eigenvalue weighted by Crippen LogP contribution is -2.30. The molecule has 2 rings (SSSR count). The quantitative estimate of drug-likeness (QED) is 0.486. The fourth-order valence-corrected chi connectivity index (χ4v) is 3.53. The minimum Gasteiger partial charge on any atom is -0.390 e. The number of hydrogen-bond acceptors (Lipinski definition) is 5. The van der Waals surface area contributed by atoms with Crippen LogP contribution in [0.4, 0.5) is 18.9 Å². The van der Waals surface area contributed by atoms with Gasteiger partial charge in [0.05, 0.1) is 15.7 Å². The van der Waals surface area contributed by atoms with E-state index in [-0.39, 0.29) is 28.6 Å². The third kappa shape index (κ3) is 5.26. The summed E-state index contributed by atoms with van der Waals surface area (Å²) in [5, 5.41) is 3.99. The Balaban J connectivity index is 2.24. The van der Waals surface area contributed by atoms with E-state index in [9.17, 15) is 21.6 Å². The fraction of sp³-hybridized carbons (Fsp3) is 0.214. The highest BCUT2D eigenvalue weighted by Gasteiger charge is 2.46. The minimum absolute atomic E-state index is 0.0505. The largest absolute Gasteiger partial charge is 0.516 e. The fourth-order valence-electron chi connectivity index (χ4n) is 1.78. The molecule has 12 heteroatoms. The van der Waals surface area contributed by atoms with E-state index >= 15 is 0 Å². The van der Waals surface area contributed by atoms with Gasteiger partial charge in [0, 0.05) is 15.5 Å². The molecule has 142 valence electrons. The summed E-state index contributed by atoms with van der Waals surface area (Å²) in [6.45, 7) is 1.54. The zero-order valence-electron chi connectivity index (χ0n) is 13.0. The maximum absolute atomic E-state index is 12.6. The van der Waals surface area contributed by atoms with E-state index in [1.54, 1.807) is 12.1 Å². The molecule has 0 aliphatic rings. The van der Waals surface area contributed by atoms with Crippen molar-refractivity contribution in [3.05, 3.63) is 50.1 Å². The Labute approximate surface area is 161 Å². The topological polar surface area (TPSA) is 67.8 Å². The first-order valence-electron chi connectivity index (χ1n) is 6.79. The molecule has 1 aromatic heterocycles. The summed E-state index contributed by atoms with van der Waals surface area (Å²) in [4.78, 5) is 5.93. The highest BCUT2D eigenvalue weighted by molar-refractivity contribution is 7.93. The third-order valence-electron chi connectivity index (χ3n) is 2.96. The van der Waals surface area contributed by atoms with E-state index in [1.165, 1.54) is 35.1 Å². The molecule has 0 radical (unpaired) electrons. The number of nitrogens with one attached hydrogen (secondary N) is 1. The molecule has 0 spiro atoms. The van der Waals surface area contributed by atoms with Crippen molar-refractivity contribution in [3.8, 4) is 0 Å². The summed E-state index contributed by atoms with van der Waals surface area (Å²) >= 11 is 12.9. The molecule has 0 aliphatic carbocycles. The van der Waals surface area contributed by atoms with Gasteiger partial charge in [-0.15, -0.1) is 11.3 Å². The molecular formula is C14H11Cl2F3N2O3S2. The number of alkyl halides is 3. The van der Waals surface area contributed by atoms with Crippen LogP contribution in [0.2, 0.25) is 9.36 Å². The van der Waals surface area contributed by atoms with Crippen LogP contribution in [-0.4, -0.2) is 19.6 Å². The Morgan fingerprint density at radius 3 is 2.54 bits per heavy atom. The van der Waals surface area contributed by atoms with Gasteiger partial charge in [0.2, 0.25) is 0 Å². The number of hydrogen-bond donors (Lipinski definition) is 1. The van der Waals surface area contributed by atoms with Gasteiger partial charge >= 0.3 is 15.5 Å². The minimum atomic E-state index is -5.58. The predicted molar refractivity (Wildman–Crippen MR) is 96.4 cm³/mol. The van der Waals surface area contributed by atoms with E-state index in [2.05, 4.69) is 5.16 Å². The number of benzene rings is 1. The van der Waals surface area contributed by atoms with Gasteiger partial charge in [-0.05, 0) is 37.3 Å². The number of oxime groups is 1. The van der Waals surface area contributed by atoms with Crippen molar-refractivity contribution in [2.24, 2.45) is 5.16 Å². The van der Waals surface area contributed by atoms with Crippen LogP contribution < -0.4 is 4.72 Å². The van der Waals surface area contributed by atoms with Gasteiger partial charge in [0.15, 0.2) is 6.61 Å². The van der Waals surface area contributed by atoms with E-state index in [1.807, 2.05) is 0 Å². The summed E-state index contributed by atoms with van der Waals surface area (Å²) in [6, 6.07) is 7.06. The van der Waals surface area contributed by atoms with Crippen molar-refractivity contribution in [3.63, 3.8) is 0 Å². The number of anilines is 1. The van der Waals surface area contributed by atoms with E-state index in [0.29, 0.717) is 4.34 Å². The molecule has 0 bridgehead atoms. The molecule has 26 heavy (non-hydrogen) atoms. The molecule has 0 saturated heterocycles. The van der Waals surface area contributed by atoms with E-state index < -0.39 is 15.5 Å². The van der Waals surface area contributed by atoms with Gasteiger partial charge in [-0.2, -0.15) is 21.6 Å². The summed E-state index contributed by atoms with van der Waals surface area (Å²) in [5.41, 5.74) is -5.59. The standard InChI is InChI=1S/C14H11Cl2F3N2O3S2/c1-8(20-24-7-10-3-5-13(16)25-10)11-6-9(15)2-4-12(11)21-26(22,23)14(17,18)19/h2-6,21H,7H2,1H3/b20-8+. The Bertz CT molecular complexity index is 928. The number of sulfonamides is 1. The number of rotatable bonds is 6. The van der Waals surface area contributed by atoms with Crippen LogP contribution in [0, 0.1) is 0 Å². The number of thiophene rings is 1. The second-order valence-electron chi connectivity index (χ2n) is 4.90. The van der Waals surface area contributed by atoms with Crippen LogP contribution >= 0.6 is 34.5 Å². The Morgan fingerprint density at radius 2 is 1.96 bits per heavy atom. The molecule has 1 heterocycles. The maximum Gasteiger partial charge on any atom is 0.516 e. The van der Waals surface area contributed by atoms with Gasteiger partial charge in [0.1, 0.15) is 0 Å². The molecule has 5 nitrogen and oxygen atoms in total. The van der Waals surface area contributed by atoms with Gasteiger partial charge in [0.25, 0.3) is 0 Å². The van der Waals surface area contributed by atoms with Gasteiger partial charge in [-0.3, -0.25) is 4.72 Å². The van der Waals surface area contributed by atoms with Crippen LogP contribution in [0.5, 0.6) is 0 Å². The first-order chi connectivity index (χ1) is 12.0. The molecule has 1 aromatic carbocycles. The molecule has 0 saturated carbocycles. The summed E-state index contributed by atoms with van der Waals surface area (Å²) < 4.78 is 62.5. The number of nitrogens with zero attached hydrogens (tertiary/aromatic N) is 1. The Morgan fingerprint density at radius 1 is 1.27 bits per heavy atom. The molecule has 2 aromatic rings. The van der Waals surface area contributed by atoms with Gasteiger partial charge in [-0.25, -0.2) is 0 Å². The Hall–Kier alpha value is -1.49. The lowest BCUT2D eigenvalue weighted by atomic mass is 10.1. The zero-order chi connectivity index (χ0) is 19.5. The lowest BCUT2D eigenvalue weighted by Gasteiger charge is -2.14. The molecule has 0 unspecified atom stereocenters. The predicted octanol–water partition coefficient (Wildman–Crippen LogP) is 5.26. The Kier molecular flexibility index (Phi) is 6.43. The molecule has 0 aliphatic heterocycles. The van der Waals surface area contributed by atoms with Crippen LogP contribution in [0.1, 0.15) is 17.4 Å². The molecule has 0 amide bonds. The summed E-state index contributed by atoms with van der Waals surface area (Å²) in [6.07, 6.45) is 0. The van der Waals surface area contributed by atoms with Crippen molar-refractivity contribution in [2.45, 2.75) is 19.0 Å². The van der Waals surface area contributed by atoms with Gasteiger partial charge in [-0.1, -0.05) is 28.4 Å². The molecule has 0 fully saturated rings. The number of halogens is 5. The van der Waals surface area contributed by atoms with Crippen molar-refractivity contribution in [2.75, 3.05) is 4.72 Å². The SMILES string of the molecule is C/C(=N\OCc1ccc(Cl)s1)c1cc(Cl)ccc1NS(=O)(=O)C(F)(F)F. The second kappa shape index (κ2) is 8.03. The second-order valence-corrected chi connectivity index (χ2v) is 8.81. The average Bonchev–Trinajstić information content (AvgIpc) is 2.93. The lowest BCUT2D eigenvalue weighted by molar-refractivity contribution is -0.0429. The average molecular weight is 447 g/mol. The van der Waals surface area contributed by atoms with Gasteiger partial charge < -0.3 is 4.84 Å². The summed E-state index contributed by atoms with van der Waals surface area (Å²) in [7, 11) is -5.58. The monoisotopic (exact) mass is 446 g/mol. The molecular weight excluding hydrogens is 436 g/mol. The molecule has 0 atom stereocenters. The third-order valence-corrected chi connectivity index (χ3v) is 5.50. The first-order valence-corrected chi connectivity index (χ1v) is 9.85. The highest BCUT2D eigenvalue weighted by Crippen LogP contribution is 2.29. The normalized spacial score (nSPS) is 12.9. The van der Waals surface area contributed by atoms with Crippen molar-refractivity contribution in [1.82, 2.24) is 0 Å². The van der Waals surface area contributed by atoms with E-state index in [0.717, 1.165) is 10.9 Å². The first kappa shape index (κ1) is 20.8. The van der Waals surface area contributed by atoms with Crippen molar-refractivity contribution < 1.29 is 26.4 Å². The van der Waals surface area contributed by atoms with Crippen molar-refractivity contribution >= 4 is 56.0 Å². The van der Waals surface area contributed by atoms with Crippen LogP contribution in [0.25, 0.3) is 0 Å². The van der Waals surface area contributed by atoms with Crippen molar-refractivity contribution in [1.29, 1.82) is 0 Å². The summed E-state index contributed by atoms with van der Waals surface area (Å²) in [5.74, 6) is 0. The van der Waals surface area contributed by atoms with Crippen LogP contribution in [0.3, 0.4) is 0 Å². The van der Waals surface area contributed by atoms with Crippen LogP contribution in [0.15, 0.2) is 35.5 Å².